The molecule has 0 amide bonds. The molecule has 0 saturated carbocycles. The van der Waals surface area contributed by atoms with Crippen molar-refractivity contribution < 1.29 is 14.3 Å². The Balaban J connectivity index is 3.97. The van der Waals surface area contributed by atoms with E-state index in [2.05, 4.69) is 26.2 Å². The van der Waals surface area contributed by atoms with E-state index in [1.54, 1.807) is 6.92 Å². The topological polar surface area (TPSA) is 43.4 Å². The number of ketones is 1. The molecule has 16 heavy (non-hydrogen) atoms. The Morgan fingerprint density at radius 3 is 2.19 bits per heavy atom. The van der Waals surface area contributed by atoms with Gasteiger partial charge in [0.1, 0.15) is 12.2 Å². The van der Waals surface area contributed by atoms with Gasteiger partial charge in [0.2, 0.25) is 0 Å². The van der Waals surface area contributed by atoms with Crippen molar-refractivity contribution in [2.75, 3.05) is 6.61 Å². The van der Waals surface area contributed by atoms with Gasteiger partial charge in [-0.25, -0.2) is 0 Å². The van der Waals surface area contributed by atoms with Gasteiger partial charge in [-0.1, -0.05) is 31.8 Å². The summed E-state index contributed by atoms with van der Waals surface area (Å²) in [5, 5.41) is 0. The molecule has 0 aromatic heterocycles. The zero-order valence-corrected chi connectivity index (χ0v) is 11.8. The van der Waals surface area contributed by atoms with Gasteiger partial charge in [0, 0.05) is 14.5 Å². The lowest BCUT2D eigenvalue weighted by Gasteiger charge is -2.16. The van der Waals surface area contributed by atoms with Crippen molar-refractivity contribution in [2.45, 2.75) is 45.5 Å². The van der Waals surface area contributed by atoms with Crippen LogP contribution in [0.5, 0.6) is 0 Å². The molecule has 92 valence electrons. The fraction of sp³-hybridized carbons (Fsp3) is 0.667. The summed E-state index contributed by atoms with van der Waals surface area (Å²) < 4.78 is 4.71. The van der Waals surface area contributed by atoms with Crippen LogP contribution in [-0.2, 0) is 14.3 Å². The van der Waals surface area contributed by atoms with Gasteiger partial charge in [-0.15, -0.1) is 0 Å². The lowest BCUT2D eigenvalue weighted by Crippen LogP contribution is -2.21. The minimum Gasteiger partial charge on any atom is -0.466 e. The number of esters is 1. The predicted molar refractivity (Wildman–Crippen MR) is 68.2 cm³/mol. The maximum atomic E-state index is 11.5. The number of hydrogen-bond acceptors (Lipinski definition) is 3. The molecule has 4 heteroatoms. The quantitative estimate of drug-likeness (QED) is 0.298. The molecule has 0 atom stereocenters. The van der Waals surface area contributed by atoms with Gasteiger partial charge in [0.05, 0.1) is 6.61 Å². The van der Waals surface area contributed by atoms with Crippen molar-refractivity contribution in [3.8, 4) is 0 Å². The zero-order chi connectivity index (χ0) is 12.8. The number of hydrogen-bond donors (Lipinski definition) is 0. The Labute approximate surface area is 98.9 Å². The molecule has 0 bridgehead atoms. The molecular weight excluding hydrogens is 220 g/mol. The third-order valence-corrected chi connectivity index (χ3v) is 3.43. The van der Waals surface area contributed by atoms with Gasteiger partial charge in [-0.05, 0) is 13.0 Å². The summed E-state index contributed by atoms with van der Waals surface area (Å²) in [4.78, 5) is 22.5. The molecule has 0 N–H and O–H groups in total. The van der Waals surface area contributed by atoms with Crippen molar-refractivity contribution in [1.29, 1.82) is 0 Å². The third-order valence-electron chi connectivity index (χ3n) is 1.87. The average molecular weight is 242 g/mol. The second kappa shape index (κ2) is 6.63. The number of Topliss-reactive ketones (excluding diaryl/α,β-unsaturated/α-hetero) is 1. The van der Waals surface area contributed by atoms with Crippen molar-refractivity contribution in [3.05, 3.63) is 12.2 Å². The van der Waals surface area contributed by atoms with E-state index < -0.39 is 14.0 Å². The number of carbonyl (C=O) groups excluding carboxylic acids is 2. The van der Waals surface area contributed by atoms with E-state index in [0.717, 1.165) is 11.6 Å². The summed E-state index contributed by atoms with van der Waals surface area (Å²) in [6, 6.07) is 0.932. The molecule has 0 rings (SSSR count). The highest BCUT2D eigenvalue weighted by Gasteiger charge is 2.17. The van der Waals surface area contributed by atoms with Crippen molar-refractivity contribution in [2.24, 2.45) is 0 Å². The molecule has 0 aromatic carbocycles. The fourth-order valence-electron chi connectivity index (χ4n) is 1.53. The van der Waals surface area contributed by atoms with Crippen LogP contribution < -0.4 is 0 Å². The lowest BCUT2D eigenvalue weighted by atomic mass is 10.1. The molecule has 0 unspecified atom stereocenters. The van der Waals surface area contributed by atoms with Crippen LogP contribution in [-0.4, -0.2) is 26.4 Å². The number of ether oxygens (including phenoxy) is 1. The maximum Gasteiger partial charge on any atom is 0.313 e. The Morgan fingerprint density at radius 1 is 1.19 bits per heavy atom. The fourth-order valence-corrected chi connectivity index (χ4v) is 3.15. The third kappa shape index (κ3) is 8.41. The molecule has 0 aliphatic carbocycles. The minimum atomic E-state index is -1.21. The van der Waals surface area contributed by atoms with E-state index in [0.29, 0.717) is 13.0 Å². The van der Waals surface area contributed by atoms with E-state index in [4.69, 9.17) is 4.74 Å². The SMILES string of the molecule is C=C(CC(=O)CC(=O)OCC)C[Si](C)(C)C. The highest BCUT2D eigenvalue weighted by Crippen LogP contribution is 2.18. The number of carbonyl (C=O) groups is 2. The summed E-state index contributed by atoms with van der Waals surface area (Å²) in [6.07, 6.45) is 0.182. The monoisotopic (exact) mass is 242 g/mol. The van der Waals surface area contributed by atoms with Gasteiger partial charge in [-0.2, -0.15) is 0 Å². The van der Waals surface area contributed by atoms with Gasteiger partial charge in [-0.3, -0.25) is 9.59 Å². The predicted octanol–water partition coefficient (Wildman–Crippen LogP) is 2.79. The lowest BCUT2D eigenvalue weighted by molar-refractivity contribution is -0.145. The smallest absolute Gasteiger partial charge is 0.313 e. The van der Waals surface area contributed by atoms with Crippen LogP contribution >= 0.6 is 0 Å². The Bertz CT molecular complexity index is 276. The standard InChI is InChI=1S/C12H22O3Si/c1-6-15-12(14)8-11(13)7-10(2)9-16(3,4)5/h2,6-9H2,1,3-5H3. The molecule has 0 spiro atoms. The van der Waals surface area contributed by atoms with Crippen LogP contribution in [0.2, 0.25) is 25.7 Å². The first-order valence-corrected chi connectivity index (χ1v) is 9.29. The molecule has 0 aliphatic heterocycles. The highest BCUT2D eigenvalue weighted by atomic mass is 28.3. The van der Waals surface area contributed by atoms with Crippen LogP contribution in [0.4, 0.5) is 0 Å². The molecule has 0 saturated heterocycles. The van der Waals surface area contributed by atoms with Crippen molar-refractivity contribution in [3.63, 3.8) is 0 Å². The first kappa shape index (κ1) is 15.1. The first-order chi connectivity index (χ1) is 7.24. The summed E-state index contributed by atoms with van der Waals surface area (Å²) in [6.45, 7) is 12.6. The second-order valence-electron chi connectivity index (χ2n) is 5.18. The van der Waals surface area contributed by atoms with Gasteiger partial charge in [0.25, 0.3) is 0 Å². The second-order valence-corrected chi connectivity index (χ2v) is 10.7. The molecule has 0 aliphatic rings. The van der Waals surface area contributed by atoms with Crippen LogP contribution in [0, 0.1) is 0 Å². The largest absolute Gasteiger partial charge is 0.466 e. The van der Waals surface area contributed by atoms with Crippen LogP contribution in [0.25, 0.3) is 0 Å². The molecule has 0 heterocycles. The first-order valence-electron chi connectivity index (χ1n) is 5.58. The molecule has 0 radical (unpaired) electrons. The van der Waals surface area contributed by atoms with Gasteiger partial charge < -0.3 is 4.74 Å². The molecule has 0 aromatic rings. The average Bonchev–Trinajstić information content (AvgIpc) is 1.98. The van der Waals surface area contributed by atoms with Crippen LogP contribution in [0.1, 0.15) is 19.8 Å². The molecule has 0 fully saturated rings. The number of allylic oxidation sites excluding steroid dienone is 1. The Morgan fingerprint density at radius 2 is 1.75 bits per heavy atom. The summed E-state index contributed by atoms with van der Waals surface area (Å²) >= 11 is 0. The Kier molecular flexibility index (Phi) is 6.26. The van der Waals surface area contributed by atoms with Gasteiger partial charge in [0.15, 0.2) is 0 Å². The van der Waals surface area contributed by atoms with Crippen LogP contribution in [0.3, 0.4) is 0 Å². The maximum absolute atomic E-state index is 11.5. The minimum absolute atomic E-state index is 0.0956. The van der Waals surface area contributed by atoms with Crippen molar-refractivity contribution in [1.82, 2.24) is 0 Å². The van der Waals surface area contributed by atoms with E-state index in [-0.39, 0.29) is 12.2 Å². The summed E-state index contributed by atoms with van der Waals surface area (Å²) in [7, 11) is -1.21. The van der Waals surface area contributed by atoms with Gasteiger partial charge >= 0.3 is 5.97 Å². The van der Waals surface area contributed by atoms with Crippen LogP contribution in [0.15, 0.2) is 12.2 Å². The van der Waals surface area contributed by atoms with E-state index in [1.165, 1.54) is 0 Å². The van der Waals surface area contributed by atoms with Crippen molar-refractivity contribution >= 4 is 19.8 Å². The summed E-state index contributed by atoms with van der Waals surface area (Å²) in [5.41, 5.74) is 0.938. The van der Waals surface area contributed by atoms with E-state index >= 15 is 0 Å². The Hall–Kier alpha value is -0.903. The summed E-state index contributed by atoms with van der Waals surface area (Å²) in [5.74, 6) is -0.532. The zero-order valence-electron chi connectivity index (χ0n) is 10.8. The molecular formula is C12H22O3Si. The normalized spacial score (nSPS) is 11.0. The number of rotatable bonds is 7. The molecule has 3 nitrogen and oxygen atoms in total. The van der Waals surface area contributed by atoms with E-state index in [1.807, 2.05) is 0 Å². The highest BCUT2D eigenvalue weighted by molar-refractivity contribution is 6.76. The van der Waals surface area contributed by atoms with E-state index in [9.17, 15) is 9.59 Å².